The lowest BCUT2D eigenvalue weighted by molar-refractivity contribution is -0.118. The molecular weight excluding hydrogens is 272 g/mol. The van der Waals surface area contributed by atoms with Gasteiger partial charge >= 0.3 is 0 Å². The smallest absolute Gasteiger partial charge is 0.262 e. The van der Waals surface area contributed by atoms with Crippen molar-refractivity contribution in [3.63, 3.8) is 0 Å². The zero-order chi connectivity index (χ0) is 15.1. The number of hydrogen-bond acceptors (Lipinski definition) is 6. The van der Waals surface area contributed by atoms with Gasteiger partial charge in [0, 0.05) is 11.9 Å². The topological polar surface area (TPSA) is 98.5 Å². The van der Waals surface area contributed by atoms with Crippen LogP contribution in [0.2, 0.25) is 0 Å². The van der Waals surface area contributed by atoms with Crippen LogP contribution in [-0.4, -0.2) is 24.6 Å². The third kappa shape index (κ3) is 4.08. The van der Waals surface area contributed by atoms with Crippen LogP contribution in [0.3, 0.4) is 0 Å². The Balaban J connectivity index is 1.89. The molecule has 0 unspecified atom stereocenters. The van der Waals surface area contributed by atoms with Gasteiger partial charge in [-0.1, -0.05) is 0 Å². The summed E-state index contributed by atoms with van der Waals surface area (Å²) in [5, 5.41) is 2.71. The number of ether oxygens (including phenoxy) is 2. The van der Waals surface area contributed by atoms with E-state index in [2.05, 4.69) is 15.7 Å². The maximum absolute atomic E-state index is 11.8. The number of rotatable bonds is 6. The molecule has 0 radical (unpaired) electrons. The number of benzene rings is 1. The average molecular weight is 288 g/mol. The minimum absolute atomic E-state index is 0.146. The Labute approximate surface area is 122 Å². The van der Waals surface area contributed by atoms with Gasteiger partial charge in [-0.05, 0) is 36.4 Å². The lowest BCUT2D eigenvalue weighted by atomic mass is 10.3. The van der Waals surface area contributed by atoms with E-state index in [1.165, 1.54) is 0 Å². The van der Waals surface area contributed by atoms with E-state index >= 15 is 0 Å². The van der Waals surface area contributed by atoms with E-state index in [1.54, 1.807) is 49.7 Å². The number of nitrogens with two attached hydrogens (primary N) is 1. The number of anilines is 2. The minimum Gasteiger partial charge on any atom is -0.497 e. The monoisotopic (exact) mass is 288 g/mol. The molecule has 1 amide bonds. The van der Waals surface area contributed by atoms with Crippen LogP contribution in [0, 0.1) is 0 Å². The molecule has 2 aromatic rings. The van der Waals surface area contributed by atoms with Crippen molar-refractivity contribution in [3.05, 3.63) is 42.6 Å². The van der Waals surface area contributed by atoms with Gasteiger partial charge in [-0.2, -0.15) is 0 Å². The molecule has 7 nitrogen and oxygen atoms in total. The molecule has 0 bridgehead atoms. The number of nitrogens with one attached hydrogen (secondary N) is 2. The van der Waals surface area contributed by atoms with Gasteiger partial charge < -0.3 is 20.2 Å². The lowest BCUT2D eigenvalue weighted by Crippen LogP contribution is -2.21. The molecule has 0 spiro atoms. The molecule has 1 heterocycles. The predicted octanol–water partition coefficient (Wildman–Crippen LogP) is 1.39. The van der Waals surface area contributed by atoms with Crippen LogP contribution in [0.15, 0.2) is 42.6 Å². The van der Waals surface area contributed by atoms with Gasteiger partial charge in [0.1, 0.15) is 5.75 Å². The van der Waals surface area contributed by atoms with Gasteiger partial charge in [0.25, 0.3) is 5.91 Å². The highest BCUT2D eigenvalue weighted by Gasteiger charge is 2.07. The SMILES string of the molecule is COc1ccc(NC(=O)COc2cccnc2NN)cc1. The molecule has 1 aromatic carbocycles. The fourth-order valence-corrected chi connectivity index (χ4v) is 1.63. The Morgan fingerprint density at radius 2 is 2.05 bits per heavy atom. The molecular formula is C14H16N4O3. The largest absolute Gasteiger partial charge is 0.497 e. The number of pyridine rings is 1. The fraction of sp³-hybridized carbons (Fsp3) is 0.143. The zero-order valence-electron chi connectivity index (χ0n) is 11.5. The Kier molecular flexibility index (Phi) is 4.94. The summed E-state index contributed by atoms with van der Waals surface area (Å²) in [6.45, 7) is -0.146. The van der Waals surface area contributed by atoms with E-state index in [0.717, 1.165) is 5.75 Å². The first-order valence-electron chi connectivity index (χ1n) is 6.21. The summed E-state index contributed by atoms with van der Waals surface area (Å²) in [4.78, 5) is 15.8. The van der Waals surface area contributed by atoms with E-state index < -0.39 is 0 Å². The lowest BCUT2D eigenvalue weighted by Gasteiger charge is -2.10. The molecule has 7 heteroatoms. The van der Waals surface area contributed by atoms with Crippen LogP contribution in [0.5, 0.6) is 11.5 Å². The van der Waals surface area contributed by atoms with E-state index in [4.69, 9.17) is 15.3 Å². The second-order valence-corrected chi connectivity index (χ2v) is 4.06. The van der Waals surface area contributed by atoms with Crippen molar-refractivity contribution in [2.24, 2.45) is 5.84 Å². The molecule has 21 heavy (non-hydrogen) atoms. The number of aromatic nitrogens is 1. The Bertz CT molecular complexity index is 601. The molecule has 0 aliphatic heterocycles. The van der Waals surface area contributed by atoms with Crippen molar-refractivity contribution < 1.29 is 14.3 Å². The highest BCUT2D eigenvalue weighted by molar-refractivity contribution is 5.91. The number of nitrogens with zero attached hydrogens (tertiary/aromatic N) is 1. The summed E-state index contributed by atoms with van der Waals surface area (Å²) >= 11 is 0. The number of methoxy groups -OCH3 is 1. The highest BCUT2D eigenvalue weighted by atomic mass is 16.5. The van der Waals surface area contributed by atoms with Crippen molar-refractivity contribution in [1.82, 2.24) is 4.98 Å². The standard InChI is InChI=1S/C14H16N4O3/c1-20-11-6-4-10(5-7-11)17-13(19)9-21-12-3-2-8-16-14(12)18-15/h2-8H,9,15H2,1H3,(H,16,18)(H,17,19). The quantitative estimate of drug-likeness (QED) is 0.549. The molecule has 0 saturated heterocycles. The van der Waals surface area contributed by atoms with Crippen molar-refractivity contribution in [2.75, 3.05) is 24.5 Å². The summed E-state index contributed by atoms with van der Waals surface area (Å²) in [5.74, 6) is 6.52. The Hall–Kier alpha value is -2.80. The number of amides is 1. The second-order valence-electron chi connectivity index (χ2n) is 4.06. The highest BCUT2D eigenvalue weighted by Crippen LogP contribution is 2.19. The molecule has 110 valence electrons. The van der Waals surface area contributed by atoms with Crippen LogP contribution in [0.25, 0.3) is 0 Å². The van der Waals surface area contributed by atoms with Crippen LogP contribution < -0.4 is 26.1 Å². The summed E-state index contributed by atoms with van der Waals surface area (Å²) in [7, 11) is 1.58. The molecule has 1 aromatic heterocycles. The van der Waals surface area contributed by atoms with E-state index in [-0.39, 0.29) is 12.5 Å². The van der Waals surface area contributed by atoms with E-state index in [0.29, 0.717) is 17.3 Å². The van der Waals surface area contributed by atoms with Crippen molar-refractivity contribution >= 4 is 17.4 Å². The van der Waals surface area contributed by atoms with Crippen LogP contribution in [0.4, 0.5) is 11.5 Å². The molecule has 0 aliphatic rings. The number of carbonyl (C=O) groups excluding carboxylic acids is 1. The van der Waals surface area contributed by atoms with Gasteiger partial charge in [-0.25, -0.2) is 10.8 Å². The first-order chi connectivity index (χ1) is 10.2. The first kappa shape index (κ1) is 14.6. The van der Waals surface area contributed by atoms with Crippen LogP contribution in [-0.2, 0) is 4.79 Å². The van der Waals surface area contributed by atoms with Gasteiger partial charge in [0.2, 0.25) is 0 Å². The summed E-state index contributed by atoms with van der Waals surface area (Å²) in [6, 6.07) is 10.4. The molecule has 0 fully saturated rings. The van der Waals surface area contributed by atoms with Gasteiger partial charge in [-0.15, -0.1) is 0 Å². The molecule has 0 atom stereocenters. The van der Waals surface area contributed by atoms with Crippen LogP contribution in [0.1, 0.15) is 0 Å². The molecule has 0 saturated carbocycles. The first-order valence-corrected chi connectivity index (χ1v) is 6.21. The van der Waals surface area contributed by atoms with Crippen molar-refractivity contribution in [2.45, 2.75) is 0 Å². The number of nitrogen functional groups attached to an aromatic ring is 1. The number of hydrazine groups is 1. The Morgan fingerprint density at radius 1 is 1.29 bits per heavy atom. The maximum atomic E-state index is 11.8. The Morgan fingerprint density at radius 3 is 2.71 bits per heavy atom. The third-order valence-electron chi connectivity index (χ3n) is 2.64. The maximum Gasteiger partial charge on any atom is 0.262 e. The third-order valence-corrected chi connectivity index (χ3v) is 2.64. The van der Waals surface area contributed by atoms with Crippen LogP contribution >= 0.6 is 0 Å². The normalized spacial score (nSPS) is 9.81. The fourth-order valence-electron chi connectivity index (χ4n) is 1.63. The van der Waals surface area contributed by atoms with Crippen molar-refractivity contribution in [1.29, 1.82) is 0 Å². The van der Waals surface area contributed by atoms with Gasteiger partial charge in [-0.3, -0.25) is 4.79 Å². The molecule has 2 rings (SSSR count). The predicted molar refractivity (Wildman–Crippen MR) is 79.2 cm³/mol. The zero-order valence-corrected chi connectivity index (χ0v) is 11.5. The van der Waals surface area contributed by atoms with E-state index in [1.807, 2.05) is 0 Å². The number of carbonyl (C=O) groups is 1. The molecule has 0 aliphatic carbocycles. The second kappa shape index (κ2) is 7.11. The molecule has 4 N–H and O–H groups in total. The minimum atomic E-state index is -0.285. The average Bonchev–Trinajstić information content (AvgIpc) is 2.54. The van der Waals surface area contributed by atoms with Gasteiger partial charge in [0.15, 0.2) is 18.2 Å². The van der Waals surface area contributed by atoms with E-state index in [9.17, 15) is 4.79 Å². The summed E-state index contributed by atoms with van der Waals surface area (Å²) < 4.78 is 10.4. The summed E-state index contributed by atoms with van der Waals surface area (Å²) in [6.07, 6.45) is 1.57. The number of hydrogen-bond donors (Lipinski definition) is 3. The summed E-state index contributed by atoms with van der Waals surface area (Å²) in [5.41, 5.74) is 3.06. The van der Waals surface area contributed by atoms with Crippen molar-refractivity contribution in [3.8, 4) is 11.5 Å². The van der Waals surface area contributed by atoms with Gasteiger partial charge in [0.05, 0.1) is 7.11 Å².